The molecule has 4 heteroatoms. The van der Waals surface area contributed by atoms with E-state index >= 15 is 0 Å². The van der Waals surface area contributed by atoms with E-state index in [1.807, 2.05) is 4.90 Å². The van der Waals surface area contributed by atoms with Crippen molar-refractivity contribution in [1.82, 2.24) is 4.90 Å². The van der Waals surface area contributed by atoms with Gasteiger partial charge >= 0.3 is 0 Å². The molecule has 3 nitrogen and oxygen atoms in total. The Hall–Kier alpha value is -0.280. The standard InChI is InChI=1S/C17H30ClNO2/c1-12-11-21-15(9-18)10-19(12)16(20)13-5-7-14(8-6-13)17(2,3)4/h12-15H,5-11H2,1-4H3. The van der Waals surface area contributed by atoms with E-state index in [2.05, 4.69) is 27.7 Å². The second kappa shape index (κ2) is 6.87. The molecule has 1 amide bonds. The predicted octanol–water partition coefficient (Wildman–Crippen LogP) is 3.69. The van der Waals surface area contributed by atoms with E-state index in [1.54, 1.807) is 0 Å². The summed E-state index contributed by atoms with van der Waals surface area (Å²) in [6, 6.07) is 0.178. The first kappa shape index (κ1) is 17.1. The van der Waals surface area contributed by atoms with E-state index in [0.29, 0.717) is 30.4 Å². The van der Waals surface area contributed by atoms with E-state index in [1.165, 1.54) is 12.8 Å². The maximum Gasteiger partial charge on any atom is 0.226 e. The molecule has 122 valence electrons. The summed E-state index contributed by atoms with van der Waals surface area (Å²) in [6.07, 6.45) is 4.43. The molecule has 0 N–H and O–H groups in total. The Bertz CT molecular complexity index is 358. The Morgan fingerprint density at radius 3 is 2.38 bits per heavy atom. The molecule has 1 heterocycles. The van der Waals surface area contributed by atoms with Crippen LogP contribution in [-0.2, 0) is 9.53 Å². The summed E-state index contributed by atoms with van der Waals surface area (Å²) < 4.78 is 5.64. The quantitative estimate of drug-likeness (QED) is 0.727. The van der Waals surface area contributed by atoms with Crippen LogP contribution in [0.4, 0.5) is 0 Å². The molecule has 2 unspecified atom stereocenters. The van der Waals surface area contributed by atoms with Gasteiger partial charge in [0.1, 0.15) is 0 Å². The van der Waals surface area contributed by atoms with Crippen molar-refractivity contribution in [2.75, 3.05) is 19.0 Å². The van der Waals surface area contributed by atoms with Crippen molar-refractivity contribution < 1.29 is 9.53 Å². The molecule has 2 rings (SSSR count). The van der Waals surface area contributed by atoms with Gasteiger partial charge < -0.3 is 9.64 Å². The summed E-state index contributed by atoms with van der Waals surface area (Å²) in [5.41, 5.74) is 0.365. The Morgan fingerprint density at radius 2 is 1.86 bits per heavy atom. The van der Waals surface area contributed by atoms with Crippen molar-refractivity contribution in [3.8, 4) is 0 Å². The summed E-state index contributed by atoms with van der Waals surface area (Å²) in [5.74, 6) is 1.75. The van der Waals surface area contributed by atoms with Gasteiger partial charge in [-0.2, -0.15) is 0 Å². The highest BCUT2D eigenvalue weighted by Crippen LogP contribution is 2.40. The maximum absolute atomic E-state index is 12.8. The van der Waals surface area contributed by atoms with Crippen molar-refractivity contribution in [3.05, 3.63) is 0 Å². The third-order valence-electron chi connectivity index (χ3n) is 5.26. The summed E-state index contributed by atoms with van der Waals surface area (Å²) in [7, 11) is 0. The SMILES string of the molecule is CC1COC(CCl)CN1C(=O)C1CCC(C(C)(C)C)CC1. The lowest BCUT2D eigenvalue weighted by molar-refractivity contribution is -0.149. The number of hydrogen-bond acceptors (Lipinski definition) is 2. The van der Waals surface area contributed by atoms with E-state index in [9.17, 15) is 4.79 Å². The van der Waals surface area contributed by atoms with Crippen LogP contribution in [0.15, 0.2) is 0 Å². The Balaban J connectivity index is 1.92. The molecular formula is C17H30ClNO2. The maximum atomic E-state index is 12.8. The number of carbonyl (C=O) groups excluding carboxylic acids is 1. The number of morpholine rings is 1. The molecule has 0 spiro atoms. The smallest absolute Gasteiger partial charge is 0.226 e. The van der Waals surface area contributed by atoms with Crippen molar-refractivity contribution in [1.29, 1.82) is 0 Å². The number of hydrogen-bond donors (Lipinski definition) is 0. The molecule has 2 atom stereocenters. The zero-order valence-corrected chi connectivity index (χ0v) is 14.7. The molecule has 1 saturated carbocycles. The number of ether oxygens (including phenoxy) is 1. The van der Waals surface area contributed by atoms with Crippen molar-refractivity contribution in [3.63, 3.8) is 0 Å². The van der Waals surface area contributed by atoms with E-state index in [0.717, 1.165) is 18.8 Å². The number of nitrogens with zero attached hydrogens (tertiary/aromatic N) is 1. The first-order valence-corrected chi connectivity index (χ1v) is 8.84. The van der Waals surface area contributed by atoms with Gasteiger partial charge in [-0.15, -0.1) is 11.6 Å². The first-order chi connectivity index (χ1) is 9.82. The highest BCUT2D eigenvalue weighted by molar-refractivity contribution is 6.18. The van der Waals surface area contributed by atoms with Crippen LogP contribution in [0.25, 0.3) is 0 Å². The first-order valence-electron chi connectivity index (χ1n) is 8.31. The summed E-state index contributed by atoms with van der Waals surface area (Å²) in [6.45, 7) is 10.3. The predicted molar refractivity (Wildman–Crippen MR) is 86.5 cm³/mol. The van der Waals surface area contributed by atoms with Gasteiger partial charge in [0.2, 0.25) is 5.91 Å². The third kappa shape index (κ3) is 4.13. The topological polar surface area (TPSA) is 29.5 Å². The highest BCUT2D eigenvalue weighted by atomic mass is 35.5. The number of rotatable bonds is 2. The number of halogens is 1. The van der Waals surface area contributed by atoms with Gasteiger partial charge in [0.05, 0.1) is 24.6 Å². The molecule has 0 bridgehead atoms. The summed E-state index contributed by atoms with van der Waals surface area (Å²) >= 11 is 5.89. The van der Waals surface area contributed by atoms with E-state index in [-0.39, 0.29) is 18.1 Å². The average Bonchev–Trinajstić information content (AvgIpc) is 2.46. The van der Waals surface area contributed by atoms with Crippen LogP contribution in [0.2, 0.25) is 0 Å². The normalized spacial score (nSPS) is 34.8. The van der Waals surface area contributed by atoms with Crippen LogP contribution >= 0.6 is 11.6 Å². The number of alkyl halides is 1. The molecule has 1 aliphatic heterocycles. The van der Waals surface area contributed by atoms with Gasteiger partial charge in [0, 0.05) is 12.5 Å². The van der Waals surface area contributed by atoms with Gasteiger partial charge in [-0.25, -0.2) is 0 Å². The zero-order chi connectivity index (χ0) is 15.6. The van der Waals surface area contributed by atoms with E-state index < -0.39 is 0 Å². The fourth-order valence-electron chi connectivity index (χ4n) is 3.66. The lowest BCUT2D eigenvalue weighted by Crippen LogP contribution is -2.53. The molecule has 2 fully saturated rings. The van der Waals surface area contributed by atoms with Crippen LogP contribution in [0.1, 0.15) is 53.4 Å². The summed E-state index contributed by atoms with van der Waals surface area (Å²) in [4.78, 5) is 14.8. The molecule has 0 radical (unpaired) electrons. The lowest BCUT2D eigenvalue weighted by Gasteiger charge is -2.42. The molecule has 21 heavy (non-hydrogen) atoms. The van der Waals surface area contributed by atoms with Gasteiger partial charge in [-0.3, -0.25) is 4.79 Å². The highest BCUT2D eigenvalue weighted by Gasteiger charge is 2.37. The zero-order valence-electron chi connectivity index (χ0n) is 13.9. The molecule has 1 aliphatic carbocycles. The van der Waals surface area contributed by atoms with Crippen LogP contribution in [0.5, 0.6) is 0 Å². The van der Waals surface area contributed by atoms with Crippen LogP contribution in [-0.4, -0.2) is 42.0 Å². The second-order valence-electron chi connectivity index (χ2n) is 7.86. The van der Waals surface area contributed by atoms with Crippen molar-refractivity contribution in [2.24, 2.45) is 17.3 Å². The third-order valence-corrected chi connectivity index (χ3v) is 5.61. The van der Waals surface area contributed by atoms with Crippen LogP contribution < -0.4 is 0 Å². The van der Waals surface area contributed by atoms with Gasteiger partial charge in [-0.05, 0) is 43.9 Å². The van der Waals surface area contributed by atoms with E-state index in [4.69, 9.17) is 16.3 Å². The largest absolute Gasteiger partial charge is 0.373 e. The number of carbonyl (C=O) groups is 1. The molecular weight excluding hydrogens is 286 g/mol. The van der Waals surface area contributed by atoms with Gasteiger partial charge in [0.25, 0.3) is 0 Å². The van der Waals surface area contributed by atoms with Crippen LogP contribution in [0, 0.1) is 17.3 Å². The van der Waals surface area contributed by atoms with Gasteiger partial charge in [-0.1, -0.05) is 20.8 Å². The van der Waals surface area contributed by atoms with Crippen molar-refractivity contribution >= 4 is 17.5 Å². The lowest BCUT2D eigenvalue weighted by atomic mass is 9.69. The minimum Gasteiger partial charge on any atom is -0.373 e. The Kier molecular flexibility index (Phi) is 5.59. The number of amides is 1. The fraction of sp³-hybridized carbons (Fsp3) is 0.941. The molecule has 0 aromatic rings. The Morgan fingerprint density at radius 1 is 1.24 bits per heavy atom. The van der Waals surface area contributed by atoms with Crippen molar-refractivity contribution in [2.45, 2.75) is 65.5 Å². The fourth-order valence-corrected chi connectivity index (χ4v) is 3.85. The minimum atomic E-state index is -0.00210. The second-order valence-corrected chi connectivity index (χ2v) is 8.17. The van der Waals surface area contributed by atoms with Gasteiger partial charge in [0.15, 0.2) is 0 Å². The average molecular weight is 316 g/mol. The van der Waals surface area contributed by atoms with Crippen LogP contribution in [0.3, 0.4) is 0 Å². The molecule has 2 aliphatic rings. The monoisotopic (exact) mass is 315 g/mol. The minimum absolute atomic E-state index is 0.00210. The Labute approximate surface area is 134 Å². The summed E-state index contributed by atoms with van der Waals surface area (Å²) in [5, 5.41) is 0. The molecule has 1 saturated heterocycles. The molecule has 0 aromatic heterocycles. The molecule has 0 aromatic carbocycles.